The molecule has 18 heavy (non-hydrogen) atoms. The van der Waals surface area contributed by atoms with Crippen LogP contribution in [0.15, 0.2) is 12.3 Å². The van der Waals surface area contributed by atoms with E-state index in [0.717, 1.165) is 6.26 Å². The highest BCUT2D eigenvalue weighted by Crippen LogP contribution is 2.20. The summed E-state index contributed by atoms with van der Waals surface area (Å²) in [5.74, 6) is 0.531. The molecule has 0 amide bonds. The van der Waals surface area contributed by atoms with E-state index in [2.05, 4.69) is 4.98 Å². The summed E-state index contributed by atoms with van der Waals surface area (Å²) < 4.78 is 22.1. The van der Waals surface area contributed by atoms with Crippen molar-refractivity contribution >= 4 is 21.3 Å². The molecule has 0 aliphatic carbocycles. The molecule has 0 radical (unpaired) electrons. The first-order valence-electron chi connectivity index (χ1n) is 5.20. The Morgan fingerprint density at radius 2 is 2.11 bits per heavy atom. The molecule has 0 bridgehead atoms. The summed E-state index contributed by atoms with van der Waals surface area (Å²) >= 11 is 0. The Morgan fingerprint density at radius 3 is 2.56 bits per heavy atom. The van der Waals surface area contributed by atoms with Crippen LogP contribution < -0.4 is 4.90 Å². The highest BCUT2D eigenvalue weighted by Gasteiger charge is 2.14. The average molecular weight is 273 g/mol. The van der Waals surface area contributed by atoms with Crippen molar-refractivity contribution in [3.8, 4) is 0 Å². The molecule has 0 aliphatic heterocycles. The maximum absolute atomic E-state index is 11.0. The van der Waals surface area contributed by atoms with Gasteiger partial charge in [0.1, 0.15) is 21.9 Å². The highest BCUT2D eigenvalue weighted by atomic mass is 32.2. The predicted molar refractivity (Wildman–Crippen MR) is 68.6 cm³/mol. The lowest BCUT2D eigenvalue weighted by atomic mass is 10.2. The van der Waals surface area contributed by atoms with Crippen molar-refractivity contribution in [2.75, 3.05) is 30.5 Å². The van der Waals surface area contributed by atoms with Gasteiger partial charge in [-0.25, -0.2) is 13.4 Å². The van der Waals surface area contributed by atoms with Gasteiger partial charge in [-0.15, -0.1) is 0 Å². The largest absolute Gasteiger partial charge is 0.359 e. The van der Waals surface area contributed by atoms with E-state index in [1.807, 2.05) is 0 Å². The third-order valence-corrected chi connectivity index (χ3v) is 3.38. The van der Waals surface area contributed by atoms with Crippen LogP contribution in [0.5, 0.6) is 0 Å². The van der Waals surface area contributed by atoms with Crippen molar-refractivity contribution < 1.29 is 13.3 Å². The van der Waals surface area contributed by atoms with E-state index in [0.29, 0.717) is 17.9 Å². The maximum Gasteiger partial charge on any atom is 0.290 e. The third kappa shape index (κ3) is 3.95. The molecule has 0 unspecified atom stereocenters. The fourth-order valence-corrected chi connectivity index (χ4v) is 1.96. The lowest BCUT2D eigenvalue weighted by Crippen LogP contribution is -2.25. The first kappa shape index (κ1) is 14.4. The van der Waals surface area contributed by atoms with Gasteiger partial charge < -0.3 is 4.90 Å². The van der Waals surface area contributed by atoms with E-state index < -0.39 is 14.8 Å². The SMILES string of the molecule is Cc1cc(N(C)CCS(C)(=O)=O)ncc1[N+](=O)[O-]. The van der Waals surface area contributed by atoms with Gasteiger partial charge in [0.15, 0.2) is 0 Å². The number of rotatable bonds is 5. The zero-order valence-electron chi connectivity index (χ0n) is 10.5. The van der Waals surface area contributed by atoms with Gasteiger partial charge in [-0.1, -0.05) is 0 Å². The highest BCUT2D eigenvalue weighted by molar-refractivity contribution is 7.90. The molecule has 0 saturated carbocycles. The first-order chi connectivity index (χ1) is 8.20. The van der Waals surface area contributed by atoms with E-state index in [4.69, 9.17) is 0 Å². The van der Waals surface area contributed by atoms with E-state index in [9.17, 15) is 18.5 Å². The predicted octanol–water partition coefficient (Wildman–Crippen LogP) is 0.779. The summed E-state index contributed by atoms with van der Waals surface area (Å²) in [5.41, 5.74) is 0.450. The van der Waals surface area contributed by atoms with E-state index >= 15 is 0 Å². The van der Waals surface area contributed by atoms with Gasteiger partial charge in [-0.05, 0) is 13.0 Å². The summed E-state index contributed by atoms with van der Waals surface area (Å²) in [6, 6.07) is 1.57. The van der Waals surface area contributed by atoms with Gasteiger partial charge in [0.05, 0.1) is 10.7 Å². The van der Waals surface area contributed by atoms with Gasteiger partial charge in [0.25, 0.3) is 5.69 Å². The van der Waals surface area contributed by atoms with Crippen LogP contribution in [0.4, 0.5) is 11.5 Å². The smallest absolute Gasteiger partial charge is 0.290 e. The molecule has 100 valence electrons. The van der Waals surface area contributed by atoms with Crippen molar-refractivity contribution in [3.63, 3.8) is 0 Å². The molecule has 0 spiro atoms. The standard InChI is InChI=1S/C10H15N3O4S/c1-8-6-10(11-7-9(8)13(14)15)12(2)4-5-18(3,16)17/h6-7H,4-5H2,1-3H3. The minimum Gasteiger partial charge on any atom is -0.359 e. The topological polar surface area (TPSA) is 93.4 Å². The molecule has 0 fully saturated rings. The van der Waals surface area contributed by atoms with Crippen LogP contribution in [-0.2, 0) is 9.84 Å². The van der Waals surface area contributed by atoms with Gasteiger partial charge in [-0.2, -0.15) is 0 Å². The zero-order valence-corrected chi connectivity index (χ0v) is 11.3. The van der Waals surface area contributed by atoms with Crippen LogP contribution in [-0.4, -0.2) is 43.9 Å². The van der Waals surface area contributed by atoms with Crippen LogP contribution in [0.25, 0.3) is 0 Å². The van der Waals surface area contributed by atoms with Crippen LogP contribution in [0.3, 0.4) is 0 Å². The van der Waals surface area contributed by atoms with Crippen molar-refractivity contribution in [1.82, 2.24) is 4.98 Å². The van der Waals surface area contributed by atoms with Crippen LogP contribution in [0.1, 0.15) is 5.56 Å². The molecule has 1 heterocycles. The second-order valence-electron chi connectivity index (χ2n) is 4.14. The van der Waals surface area contributed by atoms with Crippen LogP contribution in [0.2, 0.25) is 0 Å². The molecule has 1 aromatic rings. The number of aromatic nitrogens is 1. The van der Waals surface area contributed by atoms with Gasteiger partial charge >= 0.3 is 0 Å². The summed E-state index contributed by atoms with van der Waals surface area (Å²) in [5, 5.41) is 10.6. The lowest BCUT2D eigenvalue weighted by Gasteiger charge is -2.17. The molecule has 0 aliphatic rings. The quantitative estimate of drug-likeness (QED) is 0.581. The Labute approximate surface area is 106 Å². The molecule has 8 heteroatoms. The summed E-state index contributed by atoms with van der Waals surface area (Å²) in [6.45, 7) is 1.91. The molecular formula is C10H15N3O4S. The molecular weight excluding hydrogens is 258 g/mol. The first-order valence-corrected chi connectivity index (χ1v) is 7.26. The minimum atomic E-state index is -3.04. The van der Waals surface area contributed by atoms with Crippen molar-refractivity contribution in [3.05, 3.63) is 27.9 Å². The van der Waals surface area contributed by atoms with Crippen molar-refractivity contribution in [1.29, 1.82) is 0 Å². The van der Waals surface area contributed by atoms with Gasteiger partial charge in [-0.3, -0.25) is 10.1 Å². The number of pyridine rings is 1. The average Bonchev–Trinajstić information content (AvgIpc) is 2.24. The Balaban J connectivity index is 2.85. The number of hydrogen-bond donors (Lipinski definition) is 0. The normalized spacial score (nSPS) is 11.3. The number of nitro groups is 1. The number of sulfone groups is 1. The number of nitrogens with zero attached hydrogens (tertiary/aromatic N) is 3. The number of hydrogen-bond acceptors (Lipinski definition) is 6. The molecule has 7 nitrogen and oxygen atoms in total. The third-order valence-electron chi connectivity index (χ3n) is 2.45. The van der Waals surface area contributed by atoms with Crippen LogP contribution >= 0.6 is 0 Å². The molecule has 0 atom stereocenters. The minimum absolute atomic E-state index is 0.0151. The number of anilines is 1. The second-order valence-corrected chi connectivity index (χ2v) is 6.40. The van der Waals surface area contributed by atoms with Gasteiger partial charge in [0.2, 0.25) is 0 Å². The Hall–Kier alpha value is -1.70. The molecule has 1 rings (SSSR count). The summed E-state index contributed by atoms with van der Waals surface area (Å²) in [4.78, 5) is 15.7. The maximum atomic E-state index is 11.0. The fraction of sp³-hybridized carbons (Fsp3) is 0.500. The van der Waals surface area contributed by atoms with Crippen molar-refractivity contribution in [2.24, 2.45) is 0 Å². The monoisotopic (exact) mass is 273 g/mol. The number of aryl methyl sites for hydroxylation is 1. The fourth-order valence-electron chi connectivity index (χ4n) is 1.35. The summed E-state index contributed by atoms with van der Waals surface area (Å²) in [7, 11) is -1.34. The Morgan fingerprint density at radius 1 is 1.50 bits per heavy atom. The van der Waals surface area contributed by atoms with E-state index in [1.54, 1.807) is 24.9 Å². The Bertz CT molecular complexity index is 556. The molecule has 0 N–H and O–H groups in total. The molecule has 1 aromatic heterocycles. The van der Waals surface area contributed by atoms with E-state index in [-0.39, 0.29) is 11.4 Å². The zero-order chi connectivity index (χ0) is 13.9. The second kappa shape index (κ2) is 5.30. The molecule has 0 saturated heterocycles. The van der Waals surface area contributed by atoms with Crippen molar-refractivity contribution in [2.45, 2.75) is 6.92 Å². The van der Waals surface area contributed by atoms with E-state index in [1.165, 1.54) is 6.20 Å². The molecule has 0 aromatic carbocycles. The summed E-state index contributed by atoms with van der Waals surface area (Å²) in [6.07, 6.45) is 2.34. The lowest BCUT2D eigenvalue weighted by molar-refractivity contribution is -0.385. The van der Waals surface area contributed by atoms with Crippen LogP contribution in [0, 0.1) is 17.0 Å². The Kier molecular flexibility index (Phi) is 4.23. The van der Waals surface area contributed by atoms with Gasteiger partial charge in [0, 0.05) is 25.4 Å².